The van der Waals surface area contributed by atoms with Crippen molar-refractivity contribution < 1.29 is 9.90 Å². The third kappa shape index (κ3) is 5.04. The Hall–Kier alpha value is -2.64. The predicted octanol–water partition coefficient (Wildman–Crippen LogP) is 4.80. The first-order valence-corrected chi connectivity index (χ1v) is 14.5. The number of piperidine rings is 1. The molecule has 0 saturated carbocycles. The van der Waals surface area contributed by atoms with E-state index < -0.39 is 6.04 Å². The van der Waals surface area contributed by atoms with Gasteiger partial charge in [-0.15, -0.1) is 0 Å². The molecule has 6 rings (SSSR count). The largest absolute Gasteiger partial charge is 0.396 e. The molecule has 0 spiro atoms. The number of amides is 1. The summed E-state index contributed by atoms with van der Waals surface area (Å²) in [7, 11) is 0. The molecule has 204 valence electrons. The fraction of sp³-hybridized carbons (Fsp3) is 0.419. The second-order valence-electron chi connectivity index (χ2n) is 11.2. The highest BCUT2D eigenvalue weighted by Gasteiger charge is 2.56. The molecule has 0 bridgehead atoms. The van der Waals surface area contributed by atoms with E-state index in [-0.39, 0.29) is 36.0 Å². The summed E-state index contributed by atoms with van der Waals surface area (Å²) < 4.78 is 1.80. The molecular formula is C31H33Cl2N3O3. The Morgan fingerprint density at radius 1 is 0.923 bits per heavy atom. The molecule has 4 unspecified atom stereocenters. The minimum Gasteiger partial charge on any atom is -0.396 e. The number of hydrogen-bond donors (Lipinski definition) is 1. The molecule has 0 radical (unpaired) electrons. The number of benzene rings is 2. The Bertz CT molecular complexity index is 1400. The fourth-order valence-electron chi connectivity index (χ4n) is 7.06. The maximum Gasteiger partial charge on any atom is 0.250 e. The van der Waals surface area contributed by atoms with E-state index in [1.807, 2.05) is 29.2 Å². The number of pyridine rings is 1. The van der Waals surface area contributed by atoms with Crippen LogP contribution in [0.5, 0.6) is 0 Å². The van der Waals surface area contributed by atoms with Gasteiger partial charge in [-0.3, -0.25) is 14.5 Å². The van der Waals surface area contributed by atoms with E-state index in [9.17, 15) is 14.7 Å². The van der Waals surface area contributed by atoms with Crippen molar-refractivity contribution in [2.45, 2.75) is 44.4 Å². The van der Waals surface area contributed by atoms with E-state index in [4.69, 9.17) is 23.2 Å². The van der Waals surface area contributed by atoms with Crippen LogP contribution in [0.1, 0.15) is 35.7 Å². The van der Waals surface area contributed by atoms with Crippen LogP contribution in [-0.4, -0.2) is 51.1 Å². The van der Waals surface area contributed by atoms with Gasteiger partial charge in [-0.25, -0.2) is 0 Å². The SMILES string of the molecule is O=C(C1C(CO)C2Cn3c(cccc3=O)C2N1Cc1ccc(Cl)c(Cl)c1)N1CCC(Cc2ccccc2)CC1. The molecule has 2 fully saturated rings. The molecule has 2 saturated heterocycles. The molecule has 2 aromatic carbocycles. The summed E-state index contributed by atoms with van der Waals surface area (Å²) in [6, 6.07) is 20.8. The van der Waals surface area contributed by atoms with E-state index in [1.165, 1.54) is 5.56 Å². The minimum atomic E-state index is -0.478. The summed E-state index contributed by atoms with van der Waals surface area (Å²) in [4.78, 5) is 31.1. The predicted molar refractivity (Wildman–Crippen MR) is 153 cm³/mol. The summed E-state index contributed by atoms with van der Waals surface area (Å²) in [6.45, 7) is 2.31. The van der Waals surface area contributed by atoms with Crippen molar-refractivity contribution in [1.29, 1.82) is 0 Å². The highest BCUT2D eigenvalue weighted by molar-refractivity contribution is 6.42. The van der Waals surface area contributed by atoms with E-state index in [1.54, 1.807) is 22.8 Å². The van der Waals surface area contributed by atoms with Crippen molar-refractivity contribution in [2.75, 3.05) is 19.7 Å². The van der Waals surface area contributed by atoms with Gasteiger partial charge in [-0.05, 0) is 54.5 Å². The Balaban J connectivity index is 1.27. The smallest absolute Gasteiger partial charge is 0.250 e. The molecule has 4 atom stereocenters. The number of halogens is 2. The average molecular weight is 567 g/mol. The van der Waals surface area contributed by atoms with Crippen LogP contribution in [0, 0.1) is 17.8 Å². The molecule has 1 amide bonds. The van der Waals surface area contributed by atoms with Crippen LogP contribution in [0.3, 0.4) is 0 Å². The molecule has 3 aliphatic heterocycles. The monoisotopic (exact) mass is 565 g/mol. The van der Waals surface area contributed by atoms with E-state index in [2.05, 4.69) is 29.2 Å². The first-order chi connectivity index (χ1) is 18.9. The zero-order chi connectivity index (χ0) is 27.1. The Morgan fingerprint density at radius 2 is 1.69 bits per heavy atom. The number of aliphatic hydroxyl groups excluding tert-OH is 1. The normalized spacial score (nSPS) is 25.1. The summed E-state index contributed by atoms with van der Waals surface area (Å²) >= 11 is 12.5. The molecule has 4 heterocycles. The number of nitrogens with zero attached hydrogens (tertiary/aromatic N) is 3. The van der Waals surface area contributed by atoms with Gasteiger partial charge >= 0.3 is 0 Å². The van der Waals surface area contributed by atoms with Gasteiger partial charge in [-0.1, -0.05) is 65.7 Å². The number of aromatic nitrogens is 1. The van der Waals surface area contributed by atoms with Crippen molar-refractivity contribution >= 4 is 29.1 Å². The lowest BCUT2D eigenvalue weighted by Crippen LogP contribution is -2.51. The van der Waals surface area contributed by atoms with Gasteiger partial charge in [0.2, 0.25) is 5.91 Å². The van der Waals surface area contributed by atoms with E-state index >= 15 is 0 Å². The van der Waals surface area contributed by atoms with Crippen LogP contribution >= 0.6 is 23.2 Å². The van der Waals surface area contributed by atoms with Gasteiger partial charge in [0.05, 0.1) is 22.1 Å². The number of fused-ring (bicyclic) bond motifs is 3. The third-order valence-corrected chi connectivity index (χ3v) is 9.70. The number of hydrogen-bond acceptors (Lipinski definition) is 4. The molecule has 39 heavy (non-hydrogen) atoms. The average Bonchev–Trinajstić information content (AvgIpc) is 3.47. The highest BCUT2D eigenvalue weighted by atomic mass is 35.5. The van der Waals surface area contributed by atoms with Gasteiger partial charge in [0.15, 0.2) is 0 Å². The van der Waals surface area contributed by atoms with Crippen LogP contribution in [0.25, 0.3) is 0 Å². The van der Waals surface area contributed by atoms with Crippen molar-refractivity contribution in [3.8, 4) is 0 Å². The fourth-order valence-corrected chi connectivity index (χ4v) is 7.38. The molecule has 0 aliphatic carbocycles. The maximum absolute atomic E-state index is 14.2. The second-order valence-corrected chi connectivity index (χ2v) is 12.0. The maximum atomic E-state index is 14.2. The number of aliphatic hydroxyl groups is 1. The lowest BCUT2D eigenvalue weighted by Gasteiger charge is -2.38. The second kappa shape index (κ2) is 11.1. The Kier molecular flexibility index (Phi) is 7.56. The van der Waals surface area contributed by atoms with Crippen molar-refractivity contribution in [1.82, 2.24) is 14.4 Å². The lowest BCUT2D eigenvalue weighted by atomic mass is 9.86. The number of carbonyl (C=O) groups is 1. The molecular weight excluding hydrogens is 533 g/mol. The lowest BCUT2D eigenvalue weighted by molar-refractivity contribution is -0.140. The molecule has 3 aromatic rings. The number of carbonyl (C=O) groups excluding carboxylic acids is 1. The molecule has 6 nitrogen and oxygen atoms in total. The zero-order valence-corrected chi connectivity index (χ0v) is 23.3. The number of rotatable bonds is 6. The third-order valence-electron chi connectivity index (χ3n) is 8.96. The number of likely N-dealkylation sites (tertiary alicyclic amines) is 2. The van der Waals surface area contributed by atoms with Gasteiger partial charge in [0.1, 0.15) is 0 Å². The zero-order valence-electron chi connectivity index (χ0n) is 21.8. The van der Waals surface area contributed by atoms with Crippen LogP contribution in [0.4, 0.5) is 0 Å². The van der Waals surface area contributed by atoms with Crippen molar-refractivity contribution in [3.63, 3.8) is 0 Å². The van der Waals surface area contributed by atoms with Crippen molar-refractivity contribution in [3.05, 3.63) is 104 Å². The van der Waals surface area contributed by atoms with E-state index in [0.717, 1.165) is 43.6 Å². The summed E-state index contributed by atoms with van der Waals surface area (Å²) in [5.74, 6) is 0.328. The molecule has 1 N–H and O–H groups in total. The Labute approximate surface area is 238 Å². The minimum absolute atomic E-state index is 0.0301. The summed E-state index contributed by atoms with van der Waals surface area (Å²) in [6.07, 6.45) is 2.97. The van der Waals surface area contributed by atoms with Crippen LogP contribution in [-0.2, 0) is 24.3 Å². The van der Waals surface area contributed by atoms with Gasteiger partial charge in [-0.2, -0.15) is 0 Å². The van der Waals surface area contributed by atoms with Gasteiger partial charge in [0, 0.05) is 56.4 Å². The van der Waals surface area contributed by atoms with E-state index in [0.29, 0.717) is 29.1 Å². The highest BCUT2D eigenvalue weighted by Crippen LogP contribution is 2.50. The van der Waals surface area contributed by atoms with Gasteiger partial charge in [0.25, 0.3) is 5.56 Å². The van der Waals surface area contributed by atoms with Crippen LogP contribution < -0.4 is 5.56 Å². The van der Waals surface area contributed by atoms with Crippen LogP contribution in [0.2, 0.25) is 10.0 Å². The standard InChI is InChI=1S/C31H33Cl2N3O3/c32-25-10-9-22(16-26(25)33)17-36-29-23(18-35-27(29)7-4-8-28(35)38)24(19-37)30(36)31(39)34-13-11-21(12-14-34)15-20-5-2-1-3-6-20/h1-10,16,21,23-24,29-30,37H,11-15,17-19H2. The van der Waals surface area contributed by atoms with Gasteiger partial charge < -0.3 is 14.6 Å². The summed E-state index contributed by atoms with van der Waals surface area (Å²) in [5, 5.41) is 11.6. The summed E-state index contributed by atoms with van der Waals surface area (Å²) in [5.41, 5.74) is 3.14. The first kappa shape index (κ1) is 26.6. The quantitative estimate of drug-likeness (QED) is 0.466. The van der Waals surface area contributed by atoms with Crippen molar-refractivity contribution in [2.24, 2.45) is 17.8 Å². The van der Waals surface area contributed by atoms with Crippen LogP contribution in [0.15, 0.2) is 71.5 Å². The first-order valence-electron chi connectivity index (χ1n) is 13.8. The molecule has 8 heteroatoms. The molecule has 1 aromatic heterocycles. The Morgan fingerprint density at radius 3 is 2.41 bits per heavy atom. The topological polar surface area (TPSA) is 65.8 Å². The molecule has 3 aliphatic rings.